The number of rotatable bonds is 8. The van der Waals surface area contributed by atoms with Crippen molar-refractivity contribution in [2.45, 2.75) is 62.3 Å². The fourth-order valence-corrected chi connectivity index (χ4v) is 7.48. The van der Waals surface area contributed by atoms with Gasteiger partial charge in [-0.15, -0.1) is 0 Å². The standard InChI is InChI=1S/C30H38ClN5O2S/c1-21-8-4-11-24-26(21)34-29(36(27(24)37)23-10-5-9-22(31)18-23)39-25(12-2-3-15-32)28(38)35-17-7-14-30(20-35)13-6-16-33-19-30/h4-5,8-11,18,25,33H,2-3,6-7,12-17,19-20,32H2,1H3. The van der Waals surface area contributed by atoms with E-state index < -0.39 is 0 Å². The molecule has 3 heterocycles. The number of piperidine rings is 2. The van der Waals surface area contributed by atoms with Crippen molar-refractivity contribution in [2.75, 3.05) is 32.7 Å². The van der Waals surface area contributed by atoms with Crippen LogP contribution in [0.15, 0.2) is 52.4 Å². The zero-order chi connectivity index (χ0) is 27.4. The topological polar surface area (TPSA) is 93.2 Å². The molecule has 2 atom stereocenters. The molecule has 0 aliphatic carbocycles. The van der Waals surface area contributed by atoms with E-state index in [0.717, 1.165) is 70.3 Å². The average Bonchev–Trinajstić information content (AvgIpc) is 2.93. The van der Waals surface area contributed by atoms with Crippen molar-refractivity contribution in [3.63, 3.8) is 0 Å². The molecule has 2 aliphatic heterocycles. The number of nitrogens with zero attached hydrogens (tertiary/aromatic N) is 3. The predicted octanol–water partition coefficient (Wildman–Crippen LogP) is 4.93. The van der Waals surface area contributed by atoms with Crippen molar-refractivity contribution in [1.82, 2.24) is 19.8 Å². The lowest BCUT2D eigenvalue weighted by Crippen LogP contribution is -2.54. The summed E-state index contributed by atoms with van der Waals surface area (Å²) in [5.74, 6) is 0.137. The third-order valence-electron chi connectivity index (χ3n) is 8.11. The van der Waals surface area contributed by atoms with Crippen LogP contribution in [0.4, 0.5) is 0 Å². The molecular weight excluding hydrogens is 530 g/mol. The number of fused-ring (bicyclic) bond motifs is 1. The van der Waals surface area contributed by atoms with Crippen LogP contribution in [-0.2, 0) is 4.79 Å². The molecule has 2 saturated heterocycles. The monoisotopic (exact) mass is 567 g/mol. The molecule has 7 nitrogen and oxygen atoms in total. The zero-order valence-electron chi connectivity index (χ0n) is 22.6. The van der Waals surface area contributed by atoms with Gasteiger partial charge in [0, 0.05) is 30.1 Å². The lowest BCUT2D eigenvalue weighted by molar-refractivity contribution is -0.134. The molecule has 1 aromatic heterocycles. The molecule has 2 aromatic carbocycles. The average molecular weight is 568 g/mol. The van der Waals surface area contributed by atoms with Gasteiger partial charge in [0.1, 0.15) is 0 Å². The van der Waals surface area contributed by atoms with E-state index in [1.54, 1.807) is 16.7 Å². The minimum absolute atomic E-state index is 0.137. The van der Waals surface area contributed by atoms with Gasteiger partial charge in [-0.05, 0) is 88.4 Å². The van der Waals surface area contributed by atoms with E-state index >= 15 is 0 Å². The molecule has 1 spiro atoms. The number of nitrogens with two attached hydrogens (primary N) is 1. The molecule has 3 aromatic rings. The molecule has 2 aliphatic rings. The first kappa shape index (κ1) is 28.1. The number of nitrogens with one attached hydrogen (secondary N) is 1. The number of halogens is 1. The van der Waals surface area contributed by atoms with Gasteiger partial charge in [0.2, 0.25) is 5.91 Å². The van der Waals surface area contributed by atoms with Crippen LogP contribution in [0.2, 0.25) is 5.02 Å². The van der Waals surface area contributed by atoms with E-state index in [1.165, 1.54) is 11.8 Å². The number of unbranched alkanes of at least 4 members (excludes halogenated alkanes) is 1. The Kier molecular flexibility index (Phi) is 8.96. The van der Waals surface area contributed by atoms with Crippen molar-refractivity contribution in [1.29, 1.82) is 0 Å². The van der Waals surface area contributed by atoms with Gasteiger partial charge in [0.05, 0.1) is 21.8 Å². The number of aryl methyl sites for hydroxylation is 1. The Labute approximate surface area is 239 Å². The van der Waals surface area contributed by atoms with Crippen LogP contribution in [0.3, 0.4) is 0 Å². The summed E-state index contributed by atoms with van der Waals surface area (Å²) in [6.07, 6.45) is 6.87. The van der Waals surface area contributed by atoms with E-state index in [-0.39, 0.29) is 22.1 Å². The summed E-state index contributed by atoms with van der Waals surface area (Å²) < 4.78 is 1.62. The Morgan fingerprint density at radius 1 is 1.21 bits per heavy atom. The van der Waals surface area contributed by atoms with Crippen molar-refractivity contribution in [3.05, 3.63) is 63.4 Å². The van der Waals surface area contributed by atoms with Gasteiger partial charge in [-0.25, -0.2) is 4.98 Å². The Bertz CT molecular complexity index is 1380. The van der Waals surface area contributed by atoms with E-state index in [4.69, 9.17) is 22.3 Å². The molecule has 0 saturated carbocycles. The second-order valence-electron chi connectivity index (χ2n) is 11.0. The molecule has 39 heavy (non-hydrogen) atoms. The number of carbonyl (C=O) groups is 1. The SMILES string of the molecule is Cc1cccc2c(=O)n(-c3cccc(Cl)c3)c(SC(CCCCN)C(=O)N3CCCC4(CCCNC4)C3)nc12. The first-order valence-corrected chi connectivity index (χ1v) is 15.3. The number of amides is 1. The predicted molar refractivity (Wildman–Crippen MR) is 160 cm³/mol. The van der Waals surface area contributed by atoms with Gasteiger partial charge >= 0.3 is 0 Å². The van der Waals surface area contributed by atoms with Gasteiger partial charge < -0.3 is 16.0 Å². The first-order valence-electron chi connectivity index (χ1n) is 14.1. The lowest BCUT2D eigenvalue weighted by atomic mass is 9.74. The highest BCUT2D eigenvalue weighted by molar-refractivity contribution is 8.00. The highest BCUT2D eigenvalue weighted by Crippen LogP contribution is 2.38. The third kappa shape index (κ3) is 6.19. The highest BCUT2D eigenvalue weighted by atomic mass is 35.5. The number of hydrogen-bond acceptors (Lipinski definition) is 6. The van der Waals surface area contributed by atoms with E-state index in [0.29, 0.717) is 39.7 Å². The Morgan fingerprint density at radius 2 is 2.03 bits per heavy atom. The number of thioether (sulfide) groups is 1. The summed E-state index contributed by atoms with van der Waals surface area (Å²) in [5, 5.41) is 4.80. The Balaban J connectivity index is 1.53. The largest absolute Gasteiger partial charge is 0.341 e. The van der Waals surface area contributed by atoms with Crippen molar-refractivity contribution in [3.8, 4) is 5.69 Å². The van der Waals surface area contributed by atoms with E-state index in [1.807, 2.05) is 37.3 Å². The van der Waals surface area contributed by atoms with E-state index in [2.05, 4.69) is 10.2 Å². The Hall–Kier alpha value is -2.39. The maximum atomic E-state index is 14.2. The van der Waals surface area contributed by atoms with Crippen LogP contribution in [0.5, 0.6) is 0 Å². The van der Waals surface area contributed by atoms with Crippen LogP contribution in [0.25, 0.3) is 16.6 Å². The summed E-state index contributed by atoms with van der Waals surface area (Å²) in [4.78, 5) is 35.1. The fourth-order valence-electron chi connectivity index (χ4n) is 6.07. The Morgan fingerprint density at radius 3 is 2.79 bits per heavy atom. The van der Waals surface area contributed by atoms with Crippen LogP contribution in [0.1, 0.15) is 50.5 Å². The molecule has 2 unspecified atom stereocenters. The summed E-state index contributed by atoms with van der Waals surface area (Å²) in [5.41, 5.74) is 8.06. The highest BCUT2D eigenvalue weighted by Gasteiger charge is 2.39. The second-order valence-corrected chi connectivity index (χ2v) is 12.6. The molecule has 2 fully saturated rings. The third-order valence-corrected chi connectivity index (χ3v) is 9.56. The van der Waals surface area contributed by atoms with Crippen LogP contribution >= 0.6 is 23.4 Å². The fraction of sp³-hybridized carbons (Fsp3) is 0.500. The molecule has 208 valence electrons. The van der Waals surface area contributed by atoms with Gasteiger partial charge in [-0.2, -0.15) is 0 Å². The van der Waals surface area contributed by atoms with E-state index in [9.17, 15) is 9.59 Å². The zero-order valence-corrected chi connectivity index (χ0v) is 24.2. The second kappa shape index (κ2) is 12.4. The van der Waals surface area contributed by atoms with Crippen LogP contribution in [-0.4, -0.2) is 58.3 Å². The number of para-hydroxylation sites is 1. The number of likely N-dealkylation sites (tertiary alicyclic amines) is 1. The molecule has 9 heteroatoms. The van der Waals surface area contributed by atoms with Crippen molar-refractivity contribution in [2.24, 2.45) is 11.1 Å². The number of hydrogen-bond donors (Lipinski definition) is 2. The minimum Gasteiger partial charge on any atom is -0.341 e. The normalized spacial score (nSPS) is 20.4. The maximum Gasteiger partial charge on any atom is 0.266 e. The molecular formula is C30H38ClN5O2S. The van der Waals surface area contributed by atoms with Crippen molar-refractivity contribution >= 4 is 40.2 Å². The molecule has 3 N–H and O–H groups in total. The molecule has 0 bridgehead atoms. The van der Waals surface area contributed by atoms with Crippen molar-refractivity contribution < 1.29 is 4.79 Å². The van der Waals surface area contributed by atoms with Gasteiger partial charge in [0.25, 0.3) is 5.56 Å². The number of benzene rings is 2. The maximum absolute atomic E-state index is 14.2. The van der Waals surface area contributed by atoms with Gasteiger partial charge in [-0.1, -0.05) is 48.0 Å². The van der Waals surface area contributed by atoms with Gasteiger partial charge in [-0.3, -0.25) is 14.2 Å². The van der Waals surface area contributed by atoms with Crippen LogP contribution < -0.4 is 16.6 Å². The molecule has 0 radical (unpaired) electrons. The molecule has 5 rings (SSSR count). The lowest BCUT2D eigenvalue weighted by Gasteiger charge is -2.46. The molecule has 1 amide bonds. The number of carbonyl (C=O) groups excluding carboxylic acids is 1. The van der Waals surface area contributed by atoms with Crippen LogP contribution in [0, 0.1) is 12.3 Å². The smallest absolute Gasteiger partial charge is 0.266 e. The summed E-state index contributed by atoms with van der Waals surface area (Å²) >= 11 is 7.74. The minimum atomic E-state index is -0.359. The summed E-state index contributed by atoms with van der Waals surface area (Å²) in [7, 11) is 0. The summed E-state index contributed by atoms with van der Waals surface area (Å²) in [6.45, 7) is 6.15. The number of aromatic nitrogens is 2. The summed E-state index contributed by atoms with van der Waals surface area (Å²) in [6, 6.07) is 12.9. The quantitative estimate of drug-likeness (QED) is 0.228. The van der Waals surface area contributed by atoms with Gasteiger partial charge in [0.15, 0.2) is 5.16 Å². The first-order chi connectivity index (χ1) is 18.9.